The number of nitriles is 1. The molecule has 0 unspecified atom stereocenters. The minimum absolute atomic E-state index is 0.0205. The predicted octanol–water partition coefficient (Wildman–Crippen LogP) is 3.32. The van der Waals surface area contributed by atoms with E-state index in [0.29, 0.717) is 12.3 Å². The first-order chi connectivity index (χ1) is 12.7. The molecule has 1 saturated heterocycles. The van der Waals surface area contributed by atoms with Crippen LogP contribution in [0.15, 0.2) is 60.7 Å². The maximum Gasteiger partial charge on any atom is 0.246 e. The van der Waals surface area contributed by atoms with Gasteiger partial charge in [0.1, 0.15) is 11.8 Å². The van der Waals surface area contributed by atoms with Gasteiger partial charge >= 0.3 is 0 Å². The molecule has 0 radical (unpaired) electrons. The monoisotopic (exact) mass is 347 g/mol. The zero-order chi connectivity index (χ0) is 18.2. The number of carbonyl (C=O) groups is 1. The Bertz CT molecular complexity index is 794. The Morgan fingerprint density at radius 1 is 1.23 bits per heavy atom. The van der Waals surface area contributed by atoms with Crippen molar-refractivity contribution >= 4 is 17.7 Å². The fourth-order valence-corrected chi connectivity index (χ4v) is 2.91. The van der Waals surface area contributed by atoms with Gasteiger partial charge in [-0.3, -0.25) is 4.79 Å². The fraction of sp³-hybridized carbons (Fsp3) is 0.238. The van der Waals surface area contributed by atoms with E-state index < -0.39 is 0 Å². The Kier molecular flexibility index (Phi) is 5.89. The number of benzene rings is 2. The zero-order valence-electron chi connectivity index (χ0n) is 14.5. The topological polar surface area (TPSA) is 65.4 Å². The zero-order valence-corrected chi connectivity index (χ0v) is 14.5. The number of likely N-dealkylation sites (tertiary alicyclic amines) is 1. The first kappa shape index (κ1) is 17.6. The van der Waals surface area contributed by atoms with Crippen LogP contribution in [-0.4, -0.2) is 36.5 Å². The molecule has 1 aliphatic rings. The van der Waals surface area contributed by atoms with E-state index in [4.69, 9.17) is 10.00 Å². The molecule has 0 bridgehead atoms. The molecule has 0 aromatic heterocycles. The lowest BCUT2D eigenvalue weighted by molar-refractivity contribution is -0.124. The van der Waals surface area contributed by atoms with Crippen LogP contribution in [0.1, 0.15) is 12.0 Å². The van der Waals surface area contributed by atoms with Gasteiger partial charge in [0.15, 0.2) is 6.61 Å². The van der Waals surface area contributed by atoms with E-state index in [0.717, 1.165) is 24.2 Å². The number of anilines is 1. The Morgan fingerprint density at radius 2 is 2.00 bits per heavy atom. The smallest absolute Gasteiger partial charge is 0.246 e. The number of hydrogen-bond acceptors (Lipinski definition) is 4. The highest BCUT2D eigenvalue weighted by atomic mass is 16.5. The van der Waals surface area contributed by atoms with Gasteiger partial charge in [-0.25, -0.2) is 0 Å². The van der Waals surface area contributed by atoms with Crippen molar-refractivity contribution < 1.29 is 9.53 Å². The number of nitrogens with one attached hydrogen (secondary N) is 1. The van der Waals surface area contributed by atoms with Crippen LogP contribution >= 0.6 is 0 Å². The van der Waals surface area contributed by atoms with Crippen LogP contribution in [0.4, 0.5) is 5.69 Å². The maximum atomic E-state index is 12.4. The number of ether oxygens (including phenoxy) is 1. The Labute approximate surface area is 153 Å². The van der Waals surface area contributed by atoms with Gasteiger partial charge in [0.2, 0.25) is 5.91 Å². The molecule has 1 atom stereocenters. The third-order valence-electron chi connectivity index (χ3n) is 4.25. The molecule has 1 N–H and O–H groups in total. The second-order valence-electron chi connectivity index (χ2n) is 6.13. The van der Waals surface area contributed by atoms with E-state index in [1.807, 2.05) is 53.4 Å². The van der Waals surface area contributed by atoms with Crippen LogP contribution in [0.3, 0.4) is 0 Å². The molecule has 3 rings (SSSR count). The number of rotatable bonds is 6. The molecule has 1 amide bonds. The molecule has 2 aromatic carbocycles. The molecule has 132 valence electrons. The SMILES string of the molecule is N#CCOc1ccc(/C=C\C(=O)N2CC[C@H](Nc3ccccc3)C2)cc1. The summed E-state index contributed by atoms with van der Waals surface area (Å²) in [6.45, 7) is 1.49. The molecular weight excluding hydrogens is 326 g/mol. The first-order valence-electron chi connectivity index (χ1n) is 8.63. The molecule has 2 aromatic rings. The third kappa shape index (κ3) is 4.87. The average molecular weight is 347 g/mol. The van der Waals surface area contributed by atoms with E-state index >= 15 is 0 Å². The van der Waals surface area contributed by atoms with Crippen molar-refractivity contribution in [2.75, 3.05) is 25.0 Å². The molecule has 0 spiro atoms. The van der Waals surface area contributed by atoms with Gasteiger partial charge in [0.05, 0.1) is 0 Å². The van der Waals surface area contributed by atoms with Gasteiger partial charge in [-0.1, -0.05) is 30.3 Å². The number of nitrogens with zero attached hydrogens (tertiary/aromatic N) is 2. The summed E-state index contributed by atoms with van der Waals surface area (Å²) >= 11 is 0. The lowest BCUT2D eigenvalue weighted by atomic mass is 10.2. The van der Waals surface area contributed by atoms with Crippen molar-refractivity contribution in [2.45, 2.75) is 12.5 Å². The second-order valence-corrected chi connectivity index (χ2v) is 6.13. The molecule has 1 heterocycles. The average Bonchev–Trinajstić information content (AvgIpc) is 3.14. The molecular formula is C21H21N3O2. The molecule has 5 heteroatoms. The number of carbonyl (C=O) groups excluding carboxylic acids is 1. The Morgan fingerprint density at radius 3 is 2.73 bits per heavy atom. The number of hydrogen-bond donors (Lipinski definition) is 1. The highest BCUT2D eigenvalue weighted by Gasteiger charge is 2.24. The number of amides is 1. The summed E-state index contributed by atoms with van der Waals surface area (Å²) in [5.74, 6) is 0.663. The highest BCUT2D eigenvalue weighted by Crippen LogP contribution is 2.17. The van der Waals surface area contributed by atoms with Crippen molar-refractivity contribution in [3.05, 3.63) is 66.2 Å². The lowest BCUT2D eigenvalue weighted by Gasteiger charge is -2.16. The van der Waals surface area contributed by atoms with Crippen molar-refractivity contribution in [2.24, 2.45) is 0 Å². The number of para-hydroxylation sites is 1. The maximum absolute atomic E-state index is 12.4. The fourth-order valence-electron chi connectivity index (χ4n) is 2.91. The molecule has 5 nitrogen and oxygen atoms in total. The van der Waals surface area contributed by atoms with Crippen LogP contribution in [0.25, 0.3) is 6.08 Å². The van der Waals surface area contributed by atoms with E-state index in [9.17, 15) is 4.79 Å². The van der Waals surface area contributed by atoms with Crippen LogP contribution in [-0.2, 0) is 4.79 Å². The standard InChI is InChI=1S/C21H21N3O2/c22-13-15-26-20-9-6-17(7-10-20)8-11-21(25)24-14-12-19(16-24)23-18-4-2-1-3-5-18/h1-11,19,23H,12,14-16H2/b11-8-/t19-/m0/s1. The summed E-state index contributed by atoms with van der Waals surface area (Å²) in [6.07, 6.45) is 4.35. The second kappa shape index (κ2) is 8.72. The first-order valence-corrected chi connectivity index (χ1v) is 8.63. The van der Waals surface area contributed by atoms with Crippen LogP contribution < -0.4 is 10.1 Å². The summed E-state index contributed by atoms with van der Waals surface area (Å²) in [5.41, 5.74) is 2.00. The Balaban J connectivity index is 1.50. The predicted molar refractivity (Wildman–Crippen MR) is 102 cm³/mol. The van der Waals surface area contributed by atoms with Gasteiger partial charge < -0.3 is 15.0 Å². The van der Waals surface area contributed by atoms with Crippen molar-refractivity contribution in [3.63, 3.8) is 0 Å². The van der Waals surface area contributed by atoms with Crippen LogP contribution in [0.5, 0.6) is 5.75 Å². The van der Waals surface area contributed by atoms with Gasteiger partial charge in [-0.2, -0.15) is 5.26 Å². The molecule has 26 heavy (non-hydrogen) atoms. The minimum Gasteiger partial charge on any atom is -0.479 e. The van der Waals surface area contributed by atoms with Crippen molar-refractivity contribution in [1.82, 2.24) is 4.90 Å². The largest absolute Gasteiger partial charge is 0.479 e. The lowest BCUT2D eigenvalue weighted by Crippen LogP contribution is -2.30. The van der Waals surface area contributed by atoms with Crippen molar-refractivity contribution in [1.29, 1.82) is 5.26 Å². The highest BCUT2D eigenvalue weighted by molar-refractivity contribution is 5.92. The third-order valence-corrected chi connectivity index (χ3v) is 4.25. The molecule has 1 aliphatic heterocycles. The van der Waals surface area contributed by atoms with Crippen molar-refractivity contribution in [3.8, 4) is 11.8 Å². The van der Waals surface area contributed by atoms with Gasteiger partial charge in [0, 0.05) is 30.9 Å². The van der Waals surface area contributed by atoms with Crippen LogP contribution in [0.2, 0.25) is 0 Å². The minimum atomic E-state index is 0.0205. The van der Waals surface area contributed by atoms with E-state index in [1.54, 1.807) is 24.3 Å². The molecule has 0 saturated carbocycles. The van der Waals surface area contributed by atoms with Crippen LogP contribution in [0, 0.1) is 11.3 Å². The molecule has 0 aliphatic carbocycles. The quantitative estimate of drug-likeness (QED) is 0.814. The van der Waals surface area contributed by atoms with Gasteiger partial charge in [0.25, 0.3) is 0 Å². The van der Waals surface area contributed by atoms with E-state index in [2.05, 4.69) is 5.32 Å². The Hall–Kier alpha value is -3.26. The summed E-state index contributed by atoms with van der Waals surface area (Å²) < 4.78 is 5.21. The van der Waals surface area contributed by atoms with E-state index in [1.165, 1.54) is 0 Å². The van der Waals surface area contributed by atoms with Gasteiger partial charge in [-0.05, 0) is 42.3 Å². The summed E-state index contributed by atoms with van der Waals surface area (Å²) in [5, 5.41) is 12.0. The summed E-state index contributed by atoms with van der Waals surface area (Å²) in [7, 11) is 0. The van der Waals surface area contributed by atoms with E-state index in [-0.39, 0.29) is 18.6 Å². The molecule has 1 fully saturated rings. The summed E-state index contributed by atoms with van der Waals surface area (Å²) in [6, 6.07) is 19.6. The summed E-state index contributed by atoms with van der Waals surface area (Å²) in [4.78, 5) is 14.2. The van der Waals surface area contributed by atoms with Gasteiger partial charge in [-0.15, -0.1) is 0 Å². The normalized spacial score (nSPS) is 16.4.